The molecule has 4 N–H and O–H groups in total. The maximum Gasteiger partial charge on any atom is 0.331 e. The lowest BCUT2D eigenvalue weighted by Crippen LogP contribution is -2.44. The van der Waals surface area contributed by atoms with Crippen LogP contribution in [0.4, 0.5) is 21.9 Å². The van der Waals surface area contributed by atoms with E-state index < -0.39 is 0 Å². The van der Waals surface area contributed by atoms with Crippen molar-refractivity contribution in [1.82, 2.24) is 10.3 Å². The summed E-state index contributed by atoms with van der Waals surface area (Å²) < 4.78 is 11.5. The van der Waals surface area contributed by atoms with Gasteiger partial charge in [-0.1, -0.05) is 0 Å². The number of hydrogen-bond donors (Lipinski definition) is 3. The number of nitrogens with zero attached hydrogens (tertiary/aromatic N) is 2. The van der Waals surface area contributed by atoms with Crippen molar-refractivity contribution in [2.24, 2.45) is 5.73 Å². The fourth-order valence-electron chi connectivity index (χ4n) is 5.06. The molecule has 1 saturated heterocycles. The molecule has 2 atom stereocenters. The van der Waals surface area contributed by atoms with Crippen LogP contribution < -0.4 is 26.0 Å². The number of carbonyl (C=O) groups is 2. The van der Waals surface area contributed by atoms with Gasteiger partial charge in [-0.05, 0) is 49.6 Å². The summed E-state index contributed by atoms with van der Waals surface area (Å²) in [7, 11) is 0. The fourth-order valence-corrected chi connectivity index (χ4v) is 6.08. The third-order valence-electron chi connectivity index (χ3n) is 6.90. The van der Waals surface area contributed by atoms with Crippen LogP contribution in [-0.4, -0.2) is 48.3 Å². The third-order valence-corrected chi connectivity index (χ3v) is 8.00. The summed E-state index contributed by atoms with van der Waals surface area (Å²) in [6.07, 6.45) is 6.32. The molecule has 0 radical (unpaired) electrons. The van der Waals surface area contributed by atoms with Crippen LogP contribution in [-0.2, 0) is 4.74 Å². The Hall–Kier alpha value is -3.21. The van der Waals surface area contributed by atoms with Gasteiger partial charge in [-0.15, -0.1) is 11.3 Å². The van der Waals surface area contributed by atoms with Crippen molar-refractivity contribution in [2.45, 2.75) is 50.3 Å². The highest BCUT2D eigenvalue weighted by molar-refractivity contribution is 7.21. The van der Waals surface area contributed by atoms with Crippen LogP contribution in [0.25, 0.3) is 10.2 Å². The summed E-state index contributed by atoms with van der Waals surface area (Å²) in [5.74, 6) is 0.540. The molecule has 182 valence electrons. The smallest absolute Gasteiger partial charge is 0.331 e. The first-order valence-electron chi connectivity index (χ1n) is 12.0. The molecule has 3 aromatic rings. The largest absolute Gasteiger partial charge is 0.490 e. The van der Waals surface area contributed by atoms with Crippen LogP contribution in [0.5, 0.6) is 5.75 Å². The van der Waals surface area contributed by atoms with Crippen LogP contribution in [0.3, 0.4) is 0 Å². The number of rotatable bonds is 5. The van der Waals surface area contributed by atoms with Crippen LogP contribution in [0.15, 0.2) is 36.5 Å². The Balaban J connectivity index is 1.29. The average molecular weight is 494 g/mol. The summed E-state index contributed by atoms with van der Waals surface area (Å²) in [6.45, 7) is 1.43. The first-order valence-corrected chi connectivity index (χ1v) is 12.8. The van der Waals surface area contributed by atoms with Gasteiger partial charge in [0.25, 0.3) is 5.91 Å². The van der Waals surface area contributed by atoms with E-state index in [-0.39, 0.29) is 30.1 Å². The lowest BCUT2D eigenvalue weighted by atomic mass is 10.1. The molecule has 6 rings (SSSR count). The van der Waals surface area contributed by atoms with Crippen molar-refractivity contribution in [1.29, 1.82) is 0 Å². The van der Waals surface area contributed by atoms with Gasteiger partial charge in [0.05, 0.1) is 35.7 Å². The van der Waals surface area contributed by atoms with Crippen LogP contribution in [0, 0.1) is 0 Å². The Kier molecular flexibility index (Phi) is 5.79. The predicted molar refractivity (Wildman–Crippen MR) is 135 cm³/mol. The molecule has 4 heterocycles. The molecular formula is C25H27N5O4S. The van der Waals surface area contributed by atoms with Crippen LogP contribution in [0.1, 0.15) is 41.8 Å². The quantitative estimate of drug-likeness (QED) is 0.491. The van der Waals surface area contributed by atoms with Gasteiger partial charge in [-0.2, -0.15) is 0 Å². The van der Waals surface area contributed by atoms with Crippen molar-refractivity contribution < 1.29 is 19.1 Å². The molecule has 3 amide bonds. The standard InChI is InChI=1S/C25H27N5O4S/c26-17-2-1-3-18(17)28-23(31)22-21-20-19(8-11-27-24(20)35-22)30(25(32)29-21)14-4-6-15(7-5-14)34-16-9-12-33-13-10-16/h4-8,11,16-18H,1-3,9-10,12-13,26H2,(H,28,31)(H,29,32)/t17-,18+/m0/s1. The summed E-state index contributed by atoms with van der Waals surface area (Å²) in [5.41, 5.74) is 8.05. The highest BCUT2D eigenvalue weighted by Crippen LogP contribution is 2.45. The van der Waals surface area contributed by atoms with Crippen molar-refractivity contribution in [2.75, 3.05) is 23.4 Å². The molecule has 2 fully saturated rings. The van der Waals surface area contributed by atoms with Crippen molar-refractivity contribution in [3.8, 4) is 5.75 Å². The number of nitrogens with two attached hydrogens (primary N) is 1. The molecule has 10 heteroatoms. The Morgan fingerprint density at radius 3 is 2.71 bits per heavy atom. The van der Waals surface area contributed by atoms with E-state index in [0.29, 0.717) is 40.0 Å². The molecule has 0 unspecified atom stereocenters. The van der Waals surface area contributed by atoms with Gasteiger partial charge in [0, 0.05) is 31.1 Å². The predicted octanol–water partition coefficient (Wildman–Crippen LogP) is 4.15. The molecule has 3 aliphatic rings. The summed E-state index contributed by atoms with van der Waals surface area (Å²) in [5, 5.41) is 6.76. The van der Waals surface area contributed by atoms with E-state index in [0.717, 1.165) is 43.2 Å². The summed E-state index contributed by atoms with van der Waals surface area (Å²) in [4.78, 5) is 33.6. The summed E-state index contributed by atoms with van der Waals surface area (Å²) >= 11 is 1.28. The molecule has 0 spiro atoms. The van der Waals surface area contributed by atoms with Crippen molar-refractivity contribution >= 4 is 50.6 Å². The highest BCUT2D eigenvalue weighted by Gasteiger charge is 2.34. The molecule has 35 heavy (non-hydrogen) atoms. The topological polar surface area (TPSA) is 119 Å². The number of amides is 3. The molecule has 2 aromatic heterocycles. The number of nitrogens with one attached hydrogen (secondary N) is 2. The number of aromatic nitrogens is 1. The molecule has 0 bridgehead atoms. The first kappa shape index (κ1) is 22.3. The SMILES string of the molecule is N[C@H]1CCC[C@H]1NC(=O)c1sc2nccc3c2c1NC(=O)N3c1ccc(OC2CCOCC2)cc1. The van der Waals surface area contributed by atoms with E-state index in [1.54, 1.807) is 17.2 Å². The Morgan fingerprint density at radius 1 is 1.17 bits per heavy atom. The van der Waals surface area contributed by atoms with E-state index in [1.807, 2.05) is 24.3 Å². The van der Waals surface area contributed by atoms with E-state index in [2.05, 4.69) is 15.6 Å². The Labute approximate surface area is 206 Å². The van der Waals surface area contributed by atoms with Crippen LogP contribution in [0.2, 0.25) is 0 Å². The molecule has 1 saturated carbocycles. The number of hydrogen-bond acceptors (Lipinski definition) is 7. The molecule has 9 nitrogen and oxygen atoms in total. The molecule has 2 aliphatic heterocycles. The monoisotopic (exact) mass is 493 g/mol. The highest BCUT2D eigenvalue weighted by atomic mass is 32.1. The second-order valence-corrected chi connectivity index (χ2v) is 10.2. The maximum atomic E-state index is 13.3. The van der Waals surface area contributed by atoms with E-state index in [9.17, 15) is 9.59 Å². The number of urea groups is 1. The van der Waals surface area contributed by atoms with E-state index >= 15 is 0 Å². The number of benzene rings is 1. The lowest BCUT2D eigenvalue weighted by Gasteiger charge is -2.29. The third kappa shape index (κ3) is 4.11. The number of pyridine rings is 1. The maximum absolute atomic E-state index is 13.3. The van der Waals surface area contributed by atoms with Gasteiger partial charge >= 0.3 is 6.03 Å². The number of thiophene rings is 1. The van der Waals surface area contributed by atoms with E-state index in [1.165, 1.54) is 11.3 Å². The lowest BCUT2D eigenvalue weighted by molar-refractivity contribution is 0.0256. The minimum Gasteiger partial charge on any atom is -0.490 e. The molecular weight excluding hydrogens is 466 g/mol. The zero-order valence-corrected chi connectivity index (χ0v) is 20.0. The normalized spacial score (nSPS) is 22.3. The zero-order valence-electron chi connectivity index (χ0n) is 19.2. The second kappa shape index (κ2) is 9.10. The average Bonchev–Trinajstić information content (AvgIpc) is 3.44. The molecule has 1 aromatic carbocycles. The summed E-state index contributed by atoms with van der Waals surface area (Å²) in [6, 6.07) is 8.88. The minimum atomic E-state index is -0.326. The van der Waals surface area contributed by atoms with Crippen molar-refractivity contribution in [3.63, 3.8) is 0 Å². The second-order valence-electron chi connectivity index (χ2n) is 9.18. The van der Waals surface area contributed by atoms with E-state index in [4.69, 9.17) is 15.2 Å². The number of ether oxygens (including phenoxy) is 2. The minimum absolute atomic E-state index is 0.0400. The fraction of sp³-hybridized carbons (Fsp3) is 0.400. The van der Waals surface area contributed by atoms with Gasteiger partial charge < -0.3 is 25.8 Å². The zero-order chi connectivity index (χ0) is 23.9. The van der Waals surface area contributed by atoms with Crippen LogP contribution >= 0.6 is 11.3 Å². The number of anilines is 3. The molecule has 1 aliphatic carbocycles. The Bertz CT molecular complexity index is 1270. The Morgan fingerprint density at radius 2 is 1.97 bits per heavy atom. The first-order chi connectivity index (χ1) is 17.1. The number of carbonyl (C=O) groups excluding carboxylic acids is 2. The van der Waals surface area contributed by atoms with Crippen molar-refractivity contribution in [3.05, 3.63) is 41.4 Å². The van der Waals surface area contributed by atoms with Gasteiger partial charge in [0.2, 0.25) is 0 Å². The van der Waals surface area contributed by atoms with Gasteiger partial charge in [-0.25, -0.2) is 9.78 Å². The van der Waals surface area contributed by atoms with Gasteiger partial charge in [0.15, 0.2) is 0 Å². The van der Waals surface area contributed by atoms with Gasteiger partial charge in [0.1, 0.15) is 21.6 Å². The van der Waals surface area contributed by atoms with Gasteiger partial charge in [-0.3, -0.25) is 9.69 Å².